The fourth-order valence-corrected chi connectivity index (χ4v) is 2.85. The topological polar surface area (TPSA) is 170 Å². The lowest BCUT2D eigenvalue weighted by Crippen LogP contribution is -2.42. The van der Waals surface area contributed by atoms with E-state index >= 15 is 0 Å². The molecule has 2 aromatic heterocycles. The van der Waals surface area contributed by atoms with E-state index in [0.29, 0.717) is 31.9 Å². The maximum Gasteiger partial charge on any atom is 0.273 e. The Kier molecular flexibility index (Phi) is 7.96. The van der Waals surface area contributed by atoms with E-state index in [9.17, 15) is 25.1 Å². The molecule has 13 heteroatoms. The van der Waals surface area contributed by atoms with E-state index in [1.54, 1.807) is 12.5 Å². The van der Waals surface area contributed by atoms with Crippen molar-refractivity contribution < 1.29 is 24.7 Å². The van der Waals surface area contributed by atoms with Gasteiger partial charge in [0.1, 0.15) is 6.10 Å². The first-order valence-electron chi connectivity index (χ1n) is 9.75. The van der Waals surface area contributed by atoms with E-state index in [-0.39, 0.29) is 11.4 Å². The molecule has 0 aliphatic rings. The Labute approximate surface area is 182 Å². The maximum absolute atomic E-state index is 12.4. The zero-order valence-electron chi connectivity index (χ0n) is 17.0. The predicted octanol–water partition coefficient (Wildman–Crippen LogP) is -0.0761. The number of aliphatic hydroxyl groups excluding tert-OH is 2. The van der Waals surface area contributed by atoms with Crippen LogP contribution in [-0.4, -0.2) is 71.5 Å². The molecule has 2 atom stereocenters. The van der Waals surface area contributed by atoms with Crippen LogP contribution in [0.3, 0.4) is 0 Å². The van der Waals surface area contributed by atoms with Crippen LogP contribution in [0, 0.1) is 10.1 Å². The largest absolute Gasteiger partial charge is 0.394 e. The average molecular weight is 445 g/mol. The van der Waals surface area contributed by atoms with Gasteiger partial charge in [-0.2, -0.15) is 0 Å². The number of nitrogens with zero attached hydrogens (tertiary/aromatic N) is 6. The van der Waals surface area contributed by atoms with Gasteiger partial charge in [-0.3, -0.25) is 14.9 Å². The van der Waals surface area contributed by atoms with E-state index in [2.05, 4.69) is 20.6 Å². The first kappa shape index (κ1) is 23.0. The van der Waals surface area contributed by atoms with Gasteiger partial charge < -0.3 is 24.8 Å². The highest BCUT2D eigenvalue weighted by atomic mass is 16.6. The van der Waals surface area contributed by atoms with E-state index in [1.807, 2.05) is 10.8 Å². The smallest absolute Gasteiger partial charge is 0.273 e. The molecule has 32 heavy (non-hydrogen) atoms. The number of carbonyl (C=O) groups is 1. The molecular weight excluding hydrogens is 422 g/mol. The van der Waals surface area contributed by atoms with Crippen molar-refractivity contribution in [3.63, 3.8) is 0 Å². The first-order chi connectivity index (χ1) is 15.5. The van der Waals surface area contributed by atoms with Gasteiger partial charge in [-0.15, -0.1) is 5.10 Å². The molecule has 13 nitrogen and oxygen atoms in total. The van der Waals surface area contributed by atoms with Gasteiger partial charge in [0.2, 0.25) is 0 Å². The molecule has 3 N–H and O–H groups in total. The van der Waals surface area contributed by atoms with Crippen LogP contribution in [0.4, 0.5) is 5.69 Å². The van der Waals surface area contributed by atoms with Gasteiger partial charge in [0.05, 0.1) is 49.9 Å². The third kappa shape index (κ3) is 6.16. The Hall–Kier alpha value is -3.68. The number of rotatable bonds is 12. The number of non-ortho nitro benzene ring substituents is 1. The number of imidazole rings is 1. The van der Waals surface area contributed by atoms with Gasteiger partial charge in [0, 0.05) is 31.1 Å². The van der Waals surface area contributed by atoms with Crippen LogP contribution < -0.4 is 5.32 Å². The lowest BCUT2D eigenvalue weighted by molar-refractivity contribution is -0.384. The summed E-state index contributed by atoms with van der Waals surface area (Å²) in [6.07, 6.45) is 5.38. The Morgan fingerprint density at radius 1 is 1.25 bits per heavy atom. The van der Waals surface area contributed by atoms with E-state index in [4.69, 9.17) is 4.74 Å². The minimum atomic E-state index is -1.27. The monoisotopic (exact) mass is 445 g/mol. The maximum atomic E-state index is 12.4. The lowest BCUT2D eigenvalue weighted by atomic mass is 10.0. The van der Waals surface area contributed by atoms with Crippen LogP contribution in [0.15, 0.2) is 49.2 Å². The highest BCUT2D eigenvalue weighted by Gasteiger charge is 2.24. The van der Waals surface area contributed by atoms with Crippen molar-refractivity contribution in [1.29, 1.82) is 0 Å². The summed E-state index contributed by atoms with van der Waals surface area (Å²) in [5.41, 5.74) is 0.192. The number of carbonyl (C=O) groups excluding carboxylic acids is 1. The fraction of sp³-hybridized carbons (Fsp3) is 0.368. The van der Waals surface area contributed by atoms with Crippen molar-refractivity contribution >= 4 is 11.6 Å². The second kappa shape index (κ2) is 11.1. The zero-order valence-corrected chi connectivity index (χ0v) is 17.0. The second-order valence-electron chi connectivity index (χ2n) is 6.84. The van der Waals surface area contributed by atoms with E-state index in [1.165, 1.54) is 35.1 Å². The Morgan fingerprint density at radius 3 is 2.66 bits per heavy atom. The molecule has 0 saturated heterocycles. The predicted molar refractivity (Wildman–Crippen MR) is 109 cm³/mol. The average Bonchev–Trinajstić information content (AvgIpc) is 3.49. The summed E-state index contributed by atoms with van der Waals surface area (Å²) in [6, 6.07) is 4.15. The van der Waals surface area contributed by atoms with Gasteiger partial charge in [0.15, 0.2) is 5.69 Å². The van der Waals surface area contributed by atoms with Crippen LogP contribution in [0.5, 0.6) is 0 Å². The molecule has 0 fully saturated rings. The number of hydrogen-bond acceptors (Lipinski definition) is 9. The Bertz CT molecular complexity index is 1010. The number of nitrogens with one attached hydrogen (secondary N) is 1. The highest BCUT2D eigenvalue weighted by molar-refractivity contribution is 5.92. The summed E-state index contributed by atoms with van der Waals surface area (Å²) >= 11 is 0. The molecule has 0 bridgehead atoms. The number of benzene rings is 1. The number of ether oxygens (including phenoxy) is 1. The van der Waals surface area contributed by atoms with Crippen molar-refractivity contribution in [1.82, 2.24) is 29.9 Å². The molecule has 0 radical (unpaired) electrons. The van der Waals surface area contributed by atoms with Crippen molar-refractivity contribution in [3.8, 4) is 0 Å². The number of amides is 1. The summed E-state index contributed by atoms with van der Waals surface area (Å²) < 4.78 is 8.86. The van der Waals surface area contributed by atoms with Crippen LogP contribution in [0.1, 0.15) is 22.2 Å². The van der Waals surface area contributed by atoms with Crippen LogP contribution in [0.25, 0.3) is 0 Å². The van der Waals surface area contributed by atoms with Crippen molar-refractivity contribution in [2.24, 2.45) is 0 Å². The third-order valence-corrected chi connectivity index (χ3v) is 4.63. The lowest BCUT2D eigenvalue weighted by Gasteiger charge is -2.22. The van der Waals surface area contributed by atoms with Gasteiger partial charge in [-0.05, 0) is 17.7 Å². The summed E-state index contributed by atoms with van der Waals surface area (Å²) in [4.78, 5) is 26.6. The molecule has 1 aromatic carbocycles. The first-order valence-corrected chi connectivity index (χ1v) is 9.75. The van der Waals surface area contributed by atoms with Crippen LogP contribution in [0.2, 0.25) is 0 Å². The number of nitro benzene ring substituents is 1. The molecule has 0 aliphatic heterocycles. The Morgan fingerprint density at radius 2 is 2.00 bits per heavy atom. The Balaban J connectivity index is 1.48. The molecule has 0 saturated carbocycles. The summed E-state index contributed by atoms with van der Waals surface area (Å²) in [6.45, 7) is 1.38. The molecule has 0 spiro atoms. The standard InChI is InChI=1S/C19H23N7O6/c27-12-17(18(28)14-1-3-15(4-2-14)26(30)31)21-19(29)16-11-25(23-22-16)8-10-32-9-7-24-6-5-20-13-24/h1-6,11,13,17-18,27-28H,7-10,12H2,(H,21,29)/t17-,18-/m1/s1. The molecule has 170 valence electrons. The zero-order chi connectivity index (χ0) is 22.9. The van der Waals surface area contributed by atoms with Crippen LogP contribution >= 0.6 is 0 Å². The third-order valence-electron chi connectivity index (χ3n) is 4.63. The molecule has 1 amide bonds. The summed E-state index contributed by atoms with van der Waals surface area (Å²) in [5, 5.41) is 40.9. The SMILES string of the molecule is O=C(N[C@H](CO)[C@H](O)c1ccc([N+](=O)[O-])cc1)c1cn(CCOCCn2ccnc2)nn1. The van der Waals surface area contributed by atoms with Gasteiger partial charge in [0.25, 0.3) is 11.6 Å². The van der Waals surface area contributed by atoms with Gasteiger partial charge >= 0.3 is 0 Å². The number of hydrogen-bond donors (Lipinski definition) is 3. The van der Waals surface area contributed by atoms with Crippen molar-refractivity contribution in [2.75, 3.05) is 19.8 Å². The number of aliphatic hydroxyl groups is 2. The molecule has 3 aromatic rings. The van der Waals surface area contributed by atoms with Crippen LogP contribution in [-0.2, 0) is 17.8 Å². The quantitative estimate of drug-likeness (QED) is 0.196. The molecule has 3 rings (SSSR count). The van der Waals surface area contributed by atoms with Gasteiger partial charge in [-0.1, -0.05) is 5.21 Å². The second-order valence-corrected chi connectivity index (χ2v) is 6.84. The molecule has 0 aliphatic carbocycles. The normalized spacial score (nSPS) is 12.9. The molecule has 0 unspecified atom stereocenters. The molecular formula is C19H23N7O6. The highest BCUT2D eigenvalue weighted by Crippen LogP contribution is 2.20. The number of nitro groups is 1. The fourth-order valence-electron chi connectivity index (χ4n) is 2.85. The number of aromatic nitrogens is 5. The van der Waals surface area contributed by atoms with Crippen molar-refractivity contribution in [3.05, 3.63) is 70.6 Å². The summed E-state index contributed by atoms with van der Waals surface area (Å²) in [7, 11) is 0. The van der Waals surface area contributed by atoms with E-state index < -0.39 is 29.6 Å². The van der Waals surface area contributed by atoms with Gasteiger partial charge in [-0.25, -0.2) is 9.67 Å². The van der Waals surface area contributed by atoms with Crippen molar-refractivity contribution in [2.45, 2.75) is 25.2 Å². The minimum absolute atomic E-state index is 0.0118. The van der Waals surface area contributed by atoms with E-state index in [0.717, 1.165) is 0 Å². The summed E-state index contributed by atoms with van der Waals surface area (Å²) in [5.74, 6) is -0.628. The minimum Gasteiger partial charge on any atom is -0.394 e. The molecule has 2 heterocycles.